The van der Waals surface area contributed by atoms with Crippen LogP contribution in [0.15, 0.2) is 34.7 Å². The standard InChI is InChI=1S/C35H56O4Si/c1-6-40(7-2,8-3)39-31-19-14-23-35(5)28(21-22-29(31)35)26(4)15-13-18-32(38-34-20-11-12-24-36-34)33-25-27-16-9-10-17-30(27)37-33/h9-10,16-17,25-26,28-29,31-32,34H,6-8,11-15,18-24H2,1-5H3. The van der Waals surface area contributed by atoms with E-state index in [9.17, 15) is 0 Å². The lowest BCUT2D eigenvalue weighted by atomic mass is 9.61. The van der Waals surface area contributed by atoms with Gasteiger partial charge in [-0.25, -0.2) is 0 Å². The van der Waals surface area contributed by atoms with Crippen molar-refractivity contribution in [1.82, 2.24) is 0 Å². The minimum atomic E-state index is -1.58. The molecule has 3 fully saturated rings. The lowest BCUT2D eigenvalue weighted by molar-refractivity contribution is -0.194. The molecule has 4 nitrogen and oxygen atoms in total. The summed E-state index contributed by atoms with van der Waals surface area (Å²) in [4.78, 5) is 0. The molecule has 3 aliphatic rings. The largest absolute Gasteiger partial charge is 0.458 e. The Morgan fingerprint density at radius 3 is 2.50 bits per heavy atom. The molecule has 5 rings (SSSR count). The average molecular weight is 569 g/mol. The first-order valence-electron chi connectivity index (χ1n) is 16.8. The first-order valence-corrected chi connectivity index (χ1v) is 19.4. The molecule has 7 atom stereocenters. The molecule has 1 aromatic heterocycles. The van der Waals surface area contributed by atoms with E-state index in [0.29, 0.717) is 11.5 Å². The van der Waals surface area contributed by atoms with Gasteiger partial charge >= 0.3 is 0 Å². The number of benzene rings is 1. The number of para-hydroxylation sites is 1. The Morgan fingerprint density at radius 2 is 1.77 bits per heavy atom. The molecule has 0 radical (unpaired) electrons. The highest BCUT2D eigenvalue weighted by atomic mass is 28.4. The number of furan rings is 1. The summed E-state index contributed by atoms with van der Waals surface area (Å²) in [5.41, 5.74) is 1.38. The van der Waals surface area contributed by atoms with Gasteiger partial charge in [0, 0.05) is 18.1 Å². The van der Waals surface area contributed by atoms with Crippen molar-refractivity contribution in [1.29, 1.82) is 0 Å². The van der Waals surface area contributed by atoms with Crippen molar-refractivity contribution in [2.24, 2.45) is 23.2 Å². The number of fused-ring (bicyclic) bond motifs is 2. The molecule has 2 aromatic rings. The maximum absolute atomic E-state index is 7.19. The van der Waals surface area contributed by atoms with E-state index in [0.717, 1.165) is 66.8 Å². The molecule has 224 valence electrons. The molecule has 2 aliphatic carbocycles. The fourth-order valence-electron chi connectivity index (χ4n) is 8.82. The van der Waals surface area contributed by atoms with E-state index in [2.05, 4.69) is 58.9 Å². The number of rotatable bonds is 13. The van der Waals surface area contributed by atoms with Crippen LogP contribution in [0.1, 0.15) is 117 Å². The summed E-state index contributed by atoms with van der Waals surface area (Å²) in [5.74, 6) is 3.23. The summed E-state index contributed by atoms with van der Waals surface area (Å²) in [6.45, 7) is 13.1. The van der Waals surface area contributed by atoms with Crippen molar-refractivity contribution in [3.05, 3.63) is 36.1 Å². The molecular formula is C35H56O4Si. The third-order valence-electron chi connectivity index (χ3n) is 11.5. The fourth-order valence-corrected chi connectivity index (χ4v) is 11.7. The second-order valence-electron chi connectivity index (χ2n) is 13.6. The van der Waals surface area contributed by atoms with Crippen molar-refractivity contribution >= 4 is 19.3 Å². The Balaban J connectivity index is 1.22. The van der Waals surface area contributed by atoms with E-state index >= 15 is 0 Å². The zero-order valence-electron chi connectivity index (χ0n) is 26.1. The molecule has 0 N–H and O–H groups in total. The number of hydrogen-bond donors (Lipinski definition) is 0. The van der Waals surface area contributed by atoms with Gasteiger partial charge in [-0.15, -0.1) is 0 Å². The van der Waals surface area contributed by atoms with Gasteiger partial charge in [0.1, 0.15) is 17.4 Å². The summed E-state index contributed by atoms with van der Waals surface area (Å²) in [6.07, 6.45) is 13.8. The molecule has 1 aromatic carbocycles. The van der Waals surface area contributed by atoms with Gasteiger partial charge in [-0.1, -0.05) is 72.1 Å². The molecule has 0 spiro atoms. The van der Waals surface area contributed by atoms with Crippen LogP contribution >= 0.6 is 0 Å². The van der Waals surface area contributed by atoms with Crippen LogP contribution in [-0.4, -0.2) is 27.3 Å². The van der Waals surface area contributed by atoms with Crippen molar-refractivity contribution in [2.75, 3.05) is 6.61 Å². The summed E-state index contributed by atoms with van der Waals surface area (Å²) in [5, 5.41) is 1.16. The van der Waals surface area contributed by atoms with Gasteiger partial charge < -0.3 is 18.3 Å². The predicted octanol–water partition coefficient (Wildman–Crippen LogP) is 10.4. The van der Waals surface area contributed by atoms with Gasteiger partial charge in [0.25, 0.3) is 0 Å². The smallest absolute Gasteiger partial charge is 0.192 e. The van der Waals surface area contributed by atoms with Crippen LogP contribution in [0, 0.1) is 23.2 Å². The zero-order valence-corrected chi connectivity index (χ0v) is 27.1. The average Bonchev–Trinajstić information content (AvgIpc) is 3.57. The van der Waals surface area contributed by atoms with Gasteiger partial charge in [0.2, 0.25) is 0 Å². The van der Waals surface area contributed by atoms with Crippen LogP contribution in [0.3, 0.4) is 0 Å². The van der Waals surface area contributed by atoms with Crippen molar-refractivity contribution in [3.63, 3.8) is 0 Å². The number of hydrogen-bond acceptors (Lipinski definition) is 4. The predicted molar refractivity (Wildman–Crippen MR) is 167 cm³/mol. The lowest BCUT2D eigenvalue weighted by Crippen LogP contribution is -2.48. The molecule has 1 aliphatic heterocycles. The van der Waals surface area contributed by atoms with Crippen LogP contribution in [0.2, 0.25) is 18.1 Å². The minimum Gasteiger partial charge on any atom is -0.458 e. The second-order valence-corrected chi connectivity index (χ2v) is 18.3. The lowest BCUT2D eigenvalue weighted by Gasteiger charge is -2.49. The third-order valence-corrected chi connectivity index (χ3v) is 16.2. The molecule has 7 unspecified atom stereocenters. The van der Waals surface area contributed by atoms with Crippen LogP contribution < -0.4 is 0 Å². The van der Waals surface area contributed by atoms with Gasteiger partial charge in [0.15, 0.2) is 14.6 Å². The highest BCUT2D eigenvalue weighted by Gasteiger charge is 2.53. The molecule has 2 saturated carbocycles. The number of ether oxygens (including phenoxy) is 2. The second kappa shape index (κ2) is 13.4. The van der Waals surface area contributed by atoms with Gasteiger partial charge in [-0.3, -0.25) is 0 Å². The molecule has 0 amide bonds. The Hall–Kier alpha value is -1.14. The Kier molecular flexibility index (Phi) is 10.2. The van der Waals surface area contributed by atoms with E-state index in [1.54, 1.807) is 0 Å². The molecule has 5 heteroatoms. The van der Waals surface area contributed by atoms with Gasteiger partial charge in [-0.2, -0.15) is 0 Å². The summed E-state index contributed by atoms with van der Waals surface area (Å²) in [6, 6.07) is 14.3. The van der Waals surface area contributed by atoms with Crippen molar-refractivity contribution < 1.29 is 18.3 Å². The molecule has 1 saturated heterocycles. The molecule has 40 heavy (non-hydrogen) atoms. The topological polar surface area (TPSA) is 40.8 Å². The normalized spacial score (nSPS) is 30.8. The van der Waals surface area contributed by atoms with Gasteiger partial charge in [-0.05, 0) is 105 Å². The first kappa shape index (κ1) is 30.3. The summed E-state index contributed by atoms with van der Waals surface area (Å²) >= 11 is 0. The van der Waals surface area contributed by atoms with E-state index in [1.807, 2.05) is 6.07 Å². The van der Waals surface area contributed by atoms with E-state index < -0.39 is 8.32 Å². The van der Waals surface area contributed by atoms with Gasteiger partial charge in [0.05, 0.1) is 0 Å². The maximum atomic E-state index is 7.19. The van der Waals surface area contributed by atoms with E-state index in [-0.39, 0.29) is 12.4 Å². The van der Waals surface area contributed by atoms with E-state index in [1.165, 1.54) is 63.1 Å². The zero-order chi connectivity index (χ0) is 28.2. The SMILES string of the molecule is CC[Si](CC)(CC)OC1CCCC2(C)C(C(C)CCCC(OC3CCCCO3)c3cc4ccccc4o3)CCC12. The quantitative estimate of drug-likeness (QED) is 0.225. The Bertz CT molecular complexity index is 1020. The van der Waals surface area contributed by atoms with Crippen molar-refractivity contribution in [3.8, 4) is 0 Å². The van der Waals surface area contributed by atoms with Crippen molar-refractivity contribution in [2.45, 2.75) is 142 Å². The Labute approximate surface area is 245 Å². The highest BCUT2D eigenvalue weighted by molar-refractivity contribution is 6.73. The molecule has 0 bridgehead atoms. The summed E-state index contributed by atoms with van der Waals surface area (Å²) in [7, 11) is -1.58. The summed E-state index contributed by atoms with van der Waals surface area (Å²) < 4.78 is 26.1. The van der Waals surface area contributed by atoms with Crippen LogP contribution in [0.5, 0.6) is 0 Å². The molecule has 2 heterocycles. The fraction of sp³-hybridized carbons (Fsp3) is 0.771. The Morgan fingerprint density at radius 1 is 0.975 bits per heavy atom. The third kappa shape index (κ3) is 6.43. The van der Waals surface area contributed by atoms with Crippen LogP contribution in [-0.2, 0) is 13.9 Å². The first-order chi connectivity index (χ1) is 19.4. The highest BCUT2D eigenvalue weighted by Crippen LogP contribution is 2.59. The maximum Gasteiger partial charge on any atom is 0.192 e. The monoisotopic (exact) mass is 568 g/mol. The van der Waals surface area contributed by atoms with E-state index in [4.69, 9.17) is 18.3 Å². The minimum absolute atomic E-state index is 0.0442. The van der Waals surface area contributed by atoms with Crippen LogP contribution in [0.4, 0.5) is 0 Å². The van der Waals surface area contributed by atoms with Crippen LogP contribution in [0.25, 0.3) is 11.0 Å². The molecular weight excluding hydrogens is 512 g/mol.